The van der Waals surface area contributed by atoms with Crippen molar-refractivity contribution in [1.82, 2.24) is 0 Å². The van der Waals surface area contributed by atoms with Crippen LogP contribution in [0.25, 0.3) is 0 Å². The molecule has 18 heavy (non-hydrogen) atoms. The monoisotopic (exact) mass is 277 g/mol. The summed E-state index contributed by atoms with van der Waals surface area (Å²) in [4.78, 5) is 0. The molecule has 0 bridgehead atoms. The molecule has 5 heteroatoms. The Hall–Kier alpha value is -0.130. The second-order valence-corrected chi connectivity index (χ2v) is 7.20. The molecule has 0 aromatic heterocycles. The number of hydrogen-bond acceptors (Lipinski definition) is 3. The van der Waals surface area contributed by atoms with E-state index >= 15 is 0 Å². The molecule has 1 rings (SSSR count). The molecule has 0 atom stereocenters. The fraction of sp³-hybridized carbons (Fsp3) is 1.00. The fourth-order valence-electron chi connectivity index (χ4n) is 2.65. The molecule has 0 aliphatic heterocycles. The van der Waals surface area contributed by atoms with Crippen molar-refractivity contribution in [3.63, 3.8) is 0 Å². The van der Waals surface area contributed by atoms with E-state index in [0.29, 0.717) is 12.7 Å². The molecule has 0 saturated heterocycles. The largest absolute Gasteiger partial charge is 0.378 e. The fourth-order valence-corrected chi connectivity index (χ4v) is 4.00. The standard InChI is InChI=1S/C13H27NO3S/c1-3-13(4-2,11-18(14,15)16)10-17-12-8-6-5-7-9-12/h12H,3-11H2,1-2H3,(H2,14,15,16). The van der Waals surface area contributed by atoms with Crippen LogP contribution in [-0.2, 0) is 14.8 Å². The smallest absolute Gasteiger partial charge is 0.209 e. The van der Waals surface area contributed by atoms with E-state index < -0.39 is 10.0 Å². The Morgan fingerprint density at radius 3 is 2.17 bits per heavy atom. The van der Waals surface area contributed by atoms with Crippen LogP contribution in [0.4, 0.5) is 0 Å². The third-order valence-corrected chi connectivity index (χ3v) is 5.20. The maximum Gasteiger partial charge on any atom is 0.209 e. The molecule has 0 aromatic carbocycles. The van der Waals surface area contributed by atoms with Crippen LogP contribution in [0.3, 0.4) is 0 Å². The predicted octanol–water partition coefficient (Wildman–Crippen LogP) is 2.43. The van der Waals surface area contributed by atoms with Crippen molar-refractivity contribution >= 4 is 10.0 Å². The average Bonchev–Trinajstić information content (AvgIpc) is 2.34. The zero-order chi connectivity index (χ0) is 13.6. The normalized spacial score (nSPS) is 19.1. The summed E-state index contributed by atoms with van der Waals surface area (Å²) in [7, 11) is -3.44. The first-order valence-corrected chi connectivity index (χ1v) is 8.74. The van der Waals surface area contributed by atoms with Crippen LogP contribution >= 0.6 is 0 Å². The molecule has 1 aliphatic carbocycles. The van der Waals surface area contributed by atoms with Gasteiger partial charge < -0.3 is 4.74 Å². The highest BCUT2D eigenvalue weighted by Crippen LogP contribution is 2.30. The SMILES string of the molecule is CCC(CC)(COC1CCCCC1)CS(N)(=O)=O. The van der Waals surface area contributed by atoms with E-state index in [9.17, 15) is 8.42 Å². The Morgan fingerprint density at radius 2 is 1.72 bits per heavy atom. The van der Waals surface area contributed by atoms with E-state index in [4.69, 9.17) is 9.88 Å². The van der Waals surface area contributed by atoms with Crippen molar-refractivity contribution in [1.29, 1.82) is 0 Å². The summed E-state index contributed by atoms with van der Waals surface area (Å²) in [5, 5.41) is 5.20. The van der Waals surface area contributed by atoms with Crippen LogP contribution in [-0.4, -0.2) is 26.9 Å². The minimum atomic E-state index is -3.44. The van der Waals surface area contributed by atoms with Gasteiger partial charge in [-0.1, -0.05) is 33.1 Å². The minimum absolute atomic E-state index is 0.0275. The van der Waals surface area contributed by atoms with Crippen molar-refractivity contribution in [2.45, 2.75) is 64.9 Å². The molecule has 1 saturated carbocycles. The Bertz CT molecular complexity index is 330. The summed E-state index contributed by atoms with van der Waals surface area (Å²) in [6.45, 7) is 4.54. The highest BCUT2D eigenvalue weighted by atomic mass is 32.2. The number of sulfonamides is 1. The van der Waals surface area contributed by atoms with Gasteiger partial charge in [0.1, 0.15) is 0 Å². The van der Waals surface area contributed by atoms with Gasteiger partial charge >= 0.3 is 0 Å². The van der Waals surface area contributed by atoms with Crippen LogP contribution in [0.5, 0.6) is 0 Å². The molecular formula is C13H27NO3S. The number of ether oxygens (including phenoxy) is 1. The summed E-state index contributed by atoms with van der Waals surface area (Å²) in [6.07, 6.45) is 7.86. The highest BCUT2D eigenvalue weighted by molar-refractivity contribution is 7.89. The molecule has 108 valence electrons. The zero-order valence-corrected chi connectivity index (χ0v) is 12.5. The van der Waals surface area contributed by atoms with E-state index in [2.05, 4.69) is 0 Å². The molecule has 1 fully saturated rings. The summed E-state index contributed by atoms with van der Waals surface area (Å²) >= 11 is 0. The van der Waals surface area contributed by atoms with Crippen molar-refractivity contribution < 1.29 is 13.2 Å². The first-order valence-electron chi connectivity index (χ1n) is 7.03. The predicted molar refractivity (Wildman–Crippen MR) is 73.8 cm³/mol. The molecular weight excluding hydrogens is 250 g/mol. The van der Waals surface area contributed by atoms with Gasteiger partial charge in [0.05, 0.1) is 18.5 Å². The number of nitrogens with two attached hydrogens (primary N) is 1. The van der Waals surface area contributed by atoms with E-state index in [1.165, 1.54) is 19.3 Å². The Morgan fingerprint density at radius 1 is 1.17 bits per heavy atom. The van der Waals surface area contributed by atoms with Crippen LogP contribution in [0.15, 0.2) is 0 Å². The van der Waals surface area contributed by atoms with Crippen molar-refractivity contribution in [3.8, 4) is 0 Å². The molecule has 0 aromatic rings. The van der Waals surface area contributed by atoms with Crippen LogP contribution in [0.1, 0.15) is 58.8 Å². The van der Waals surface area contributed by atoms with Gasteiger partial charge in [0, 0.05) is 5.41 Å². The lowest BCUT2D eigenvalue weighted by Gasteiger charge is -2.33. The lowest BCUT2D eigenvalue weighted by molar-refractivity contribution is -0.0215. The molecule has 0 unspecified atom stereocenters. The van der Waals surface area contributed by atoms with Crippen LogP contribution < -0.4 is 5.14 Å². The van der Waals surface area contributed by atoms with Crippen LogP contribution in [0, 0.1) is 5.41 Å². The first-order chi connectivity index (χ1) is 8.41. The maximum atomic E-state index is 11.3. The second kappa shape index (κ2) is 6.87. The van der Waals surface area contributed by atoms with E-state index in [1.54, 1.807) is 0 Å². The van der Waals surface area contributed by atoms with Gasteiger partial charge in [0.2, 0.25) is 10.0 Å². The minimum Gasteiger partial charge on any atom is -0.378 e. The summed E-state index contributed by atoms with van der Waals surface area (Å²) < 4.78 is 28.6. The Labute approximate surface area is 111 Å². The lowest BCUT2D eigenvalue weighted by Crippen LogP contribution is -2.38. The van der Waals surface area contributed by atoms with Crippen molar-refractivity contribution in [2.24, 2.45) is 10.6 Å². The third kappa shape index (κ3) is 5.24. The third-order valence-electron chi connectivity index (χ3n) is 4.18. The lowest BCUT2D eigenvalue weighted by atomic mass is 9.85. The van der Waals surface area contributed by atoms with E-state index in [-0.39, 0.29) is 11.2 Å². The van der Waals surface area contributed by atoms with E-state index in [0.717, 1.165) is 25.7 Å². The molecule has 2 N–H and O–H groups in total. The van der Waals surface area contributed by atoms with Gasteiger partial charge in [-0.05, 0) is 25.7 Å². The number of primary sulfonamides is 1. The van der Waals surface area contributed by atoms with Crippen molar-refractivity contribution in [2.75, 3.05) is 12.4 Å². The Balaban J connectivity index is 2.55. The maximum absolute atomic E-state index is 11.3. The van der Waals surface area contributed by atoms with Gasteiger partial charge in [-0.2, -0.15) is 0 Å². The molecule has 1 aliphatic rings. The summed E-state index contributed by atoms with van der Waals surface area (Å²) in [5.74, 6) is 0.0275. The molecule has 0 radical (unpaired) electrons. The second-order valence-electron chi connectivity index (χ2n) is 5.59. The summed E-state index contributed by atoms with van der Waals surface area (Å²) in [6, 6.07) is 0. The van der Waals surface area contributed by atoms with Crippen molar-refractivity contribution in [3.05, 3.63) is 0 Å². The van der Waals surface area contributed by atoms with Gasteiger partial charge in [-0.25, -0.2) is 13.6 Å². The van der Waals surface area contributed by atoms with Gasteiger partial charge in [0.15, 0.2) is 0 Å². The molecule has 0 spiro atoms. The summed E-state index contributed by atoms with van der Waals surface area (Å²) in [5.41, 5.74) is -0.314. The van der Waals surface area contributed by atoms with Crippen LogP contribution in [0.2, 0.25) is 0 Å². The number of hydrogen-bond donors (Lipinski definition) is 1. The Kier molecular flexibility index (Phi) is 6.08. The highest BCUT2D eigenvalue weighted by Gasteiger charge is 2.32. The average molecular weight is 277 g/mol. The van der Waals surface area contributed by atoms with Gasteiger partial charge in [0.25, 0.3) is 0 Å². The zero-order valence-electron chi connectivity index (χ0n) is 11.7. The topological polar surface area (TPSA) is 69.4 Å². The quantitative estimate of drug-likeness (QED) is 0.777. The number of rotatable bonds is 7. The molecule has 0 heterocycles. The first kappa shape index (κ1) is 15.9. The molecule has 4 nitrogen and oxygen atoms in total. The molecule has 0 amide bonds. The van der Waals surface area contributed by atoms with E-state index in [1.807, 2.05) is 13.8 Å². The van der Waals surface area contributed by atoms with Gasteiger partial charge in [-0.15, -0.1) is 0 Å². The van der Waals surface area contributed by atoms with Gasteiger partial charge in [-0.3, -0.25) is 0 Å².